The number of ether oxygens (including phenoxy) is 1. The molecular weight excluding hydrogens is 332 g/mol. The van der Waals surface area contributed by atoms with Crippen LogP contribution in [0.5, 0.6) is 0 Å². The van der Waals surface area contributed by atoms with Crippen LogP contribution in [0.3, 0.4) is 0 Å². The zero-order chi connectivity index (χ0) is 18.9. The number of unbranched alkanes of at least 4 members (excludes halogenated alkanes) is 2. The summed E-state index contributed by atoms with van der Waals surface area (Å²) in [6, 6.07) is 0. The maximum atomic E-state index is 7.50. The number of hydrogen-bond donors (Lipinski definition) is 0. The monoisotopic (exact) mass is 350 g/mol. The Bertz CT molecular complexity index is 176. The molecule has 0 amide bonds. The Kier molecular flexibility index (Phi) is 459. The summed E-state index contributed by atoms with van der Waals surface area (Å²) in [6.07, 6.45) is 4.91. The van der Waals surface area contributed by atoms with Crippen LogP contribution >= 0.6 is 0 Å². The van der Waals surface area contributed by atoms with Gasteiger partial charge in [-0.3, -0.25) is 0 Å². The van der Waals surface area contributed by atoms with E-state index in [-0.39, 0.29) is 17.4 Å². The van der Waals surface area contributed by atoms with Gasteiger partial charge in [0.1, 0.15) is 0 Å². The van der Waals surface area contributed by atoms with Crippen molar-refractivity contribution in [2.75, 3.05) is 13.2 Å². The van der Waals surface area contributed by atoms with Gasteiger partial charge < -0.3 is 4.74 Å². The van der Waals surface area contributed by atoms with Crippen molar-refractivity contribution >= 4 is 0 Å². The predicted octanol–water partition coefficient (Wildman–Crippen LogP) is 2.38. The van der Waals surface area contributed by atoms with Crippen LogP contribution < -0.4 is 0 Å². The molecule has 0 unspecified atom stereocenters. The standard InChI is InChI=1S/C8H18O.6CO.Cr/c1-3-5-7-9-8-6-4-2;6*1-2;/h3-8H2,1-2H3;;;;;;;. The minimum atomic E-state index is 0. The van der Waals surface area contributed by atoms with Crippen LogP contribution in [0.15, 0.2) is 0 Å². The Labute approximate surface area is 143 Å². The summed E-state index contributed by atoms with van der Waals surface area (Å²) in [6.45, 7) is 33.3. The molecule has 0 saturated carbocycles. The second kappa shape index (κ2) is 203. The summed E-state index contributed by atoms with van der Waals surface area (Å²) in [5.74, 6) is 0. The topological polar surface area (TPSA) is 129 Å². The summed E-state index contributed by atoms with van der Waals surface area (Å²) in [4.78, 5) is 0. The Hall–Kier alpha value is -1.07. The Morgan fingerprint density at radius 2 is 0.727 bits per heavy atom. The number of rotatable bonds is 6. The summed E-state index contributed by atoms with van der Waals surface area (Å²) >= 11 is 0. The molecule has 22 heavy (non-hydrogen) atoms. The fourth-order valence-electron chi connectivity index (χ4n) is 0.595. The third-order valence-corrected chi connectivity index (χ3v) is 1.28. The van der Waals surface area contributed by atoms with Gasteiger partial charge in [-0.1, -0.05) is 26.7 Å². The molecular formula is C14H18CrO7. The molecule has 0 heterocycles. The van der Waals surface area contributed by atoms with E-state index >= 15 is 0 Å². The Morgan fingerprint density at radius 1 is 0.545 bits per heavy atom. The van der Waals surface area contributed by atoms with E-state index in [9.17, 15) is 0 Å². The smallest absolute Gasteiger partial charge is 0 e. The van der Waals surface area contributed by atoms with Crippen LogP contribution in [0.4, 0.5) is 0 Å². The van der Waals surface area contributed by atoms with Gasteiger partial charge in [0, 0.05) is 30.6 Å². The predicted molar refractivity (Wildman–Crippen MR) is 64.2 cm³/mol. The molecule has 0 aliphatic carbocycles. The average Bonchev–Trinajstić information content (AvgIpc) is 2.65. The van der Waals surface area contributed by atoms with Gasteiger partial charge in [0.05, 0.1) is 0 Å². The van der Waals surface area contributed by atoms with Gasteiger partial charge in [0.2, 0.25) is 0 Å². The van der Waals surface area contributed by atoms with Crippen LogP contribution in [0, 0.1) is 39.9 Å². The SMILES string of the molecule is CCCCOCCCC.[C-]#[O+].[C-]#[O+].[C-]#[O+].[C-]#[O+].[C-]#[O+].[C-]#[O+].[Cr]. The maximum absolute atomic E-state index is 7.50. The first-order valence-corrected chi connectivity index (χ1v) is 5.22. The second-order valence-corrected chi connectivity index (χ2v) is 2.32. The van der Waals surface area contributed by atoms with Gasteiger partial charge in [0.15, 0.2) is 0 Å². The molecule has 0 N–H and O–H groups in total. The summed E-state index contributed by atoms with van der Waals surface area (Å²) in [5, 5.41) is 0. The van der Waals surface area contributed by atoms with Crippen molar-refractivity contribution in [1.82, 2.24) is 0 Å². The number of hydrogen-bond acceptors (Lipinski definition) is 1. The minimum absolute atomic E-state index is 0. The van der Waals surface area contributed by atoms with Gasteiger partial charge >= 0.3 is 67.8 Å². The minimum Gasteiger partial charge on any atom is 0 e. The van der Waals surface area contributed by atoms with E-state index in [2.05, 4.69) is 53.7 Å². The molecule has 0 fully saturated rings. The van der Waals surface area contributed by atoms with E-state index in [1.165, 1.54) is 25.7 Å². The molecule has 0 atom stereocenters. The van der Waals surface area contributed by atoms with Gasteiger partial charge in [0.25, 0.3) is 0 Å². The third-order valence-electron chi connectivity index (χ3n) is 1.28. The van der Waals surface area contributed by atoms with Crippen molar-refractivity contribution in [2.24, 2.45) is 0 Å². The first-order valence-electron chi connectivity index (χ1n) is 5.22. The second-order valence-electron chi connectivity index (χ2n) is 2.32. The molecule has 0 aromatic rings. The fraction of sp³-hybridized carbons (Fsp3) is 0.571. The van der Waals surface area contributed by atoms with E-state index in [0.29, 0.717) is 0 Å². The zero-order valence-electron chi connectivity index (χ0n) is 12.5. The molecule has 0 radical (unpaired) electrons. The van der Waals surface area contributed by atoms with E-state index in [4.69, 9.17) is 32.6 Å². The molecule has 0 aromatic carbocycles. The first-order chi connectivity index (χ1) is 10.4. The van der Waals surface area contributed by atoms with Crippen molar-refractivity contribution in [3.05, 3.63) is 39.9 Å². The van der Waals surface area contributed by atoms with E-state index in [1.807, 2.05) is 0 Å². The molecule has 0 aromatic heterocycles. The molecule has 0 aliphatic rings. The van der Waals surface area contributed by atoms with E-state index < -0.39 is 0 Å². The van der Waals surface area contributed by atoms with Gasteiger partial charge in [-0.2, -0.15) is 0 Å². The van der Waals surface area contributed by atoms with Crippen molar-refractivity contribution in [2.45, 2.75) is 39.5 Å². The molecule has 8 heteroatoms. The van der Waals surface area contributed by atoms with Gasteiger partial charge in [-0.05, 0) is 12.8 Å². The largest absolute Gasteiger partial charge is 0 e. The average molecular weight is 350 g/mol. The summed E-state index contributed by atoms with van der Waals surface area (Å²) in [5.41, 5.74) is 0. The van der Waals surface area contributed by atoms with Crippen LogP contribution in [0.2, 0.25) is 0 Å². The van der Waals surface area contributed by atoms with Crippen molar-refractivity contribution in [3.8, 4) is 0 Å². The maximum Gasteiger partial charge on any atom is 0 e. The van der Waals surface area contributed by atoms with E-state index in [0.717, 1.165) is 13.2 Å². The molecule has 0 aliphatic heterocycles. The zero-order valence-corrected chi connectivity index (χ0v) is 13.8. The van der Waals surface area contributed by atoms with Crippen LogP contribution in [0.1, 0.15) is 39.5 Å². The first kappa shape index (κ1) is 49.7. The molecule has 0 rings (SSSR count). The molecule has 7 nitrogen and oxygen atoms in total. The summed E-state index contributed by atoms with van der Waals surface area (Å²) < 4.78 is 50.3. The van der Waals surface area contributed by atoms with Gasteiger partial charge in [-0.15, -0.1) is 0 Å². The van der Waals surface area contributed by atoms with Crippen LogP contribution in [-0.4, -0.2) is 13.2 Å². The normalized spacial score (nSPS) is 4.64. The third kappa shape index (κ3) is 250. The van der Waals surface area contributed by atoms with Crippen LogP contribution in [0.25, 0.3) is 0 Å². The van der Waals surface area contributed by atoms with Crippen molar-refractivity contribution in [1.29, 1.82) is 0 Å². The Balaban J connectivity index is -0.0000000214. The fourth-order valence-corrected chi connectivity index (χ4v) is 0.595. The molecule has 122 valence electrons. The molecule has 0 saturated heterocycles. The molecule has 0 bridgehead atoms. The van der Waals surface area contributed by atoms with E-state index in [1.54, 1.807) is 0 Å². The van der Waals surface area contributed by atoms with Crippen molar-refractivity contribution < 1.29 is 50.0 Å². The van der Waals surface area contributed by atoms with Gasteiger partial charge in [-0.25, -0.2) is 0 Å². The Morgan fingerprint density at radius 3 is 0.864 bits per heavy atom. The quantitative estimate of drug-likeness (QED) is 0.406. The summed E-state index contributed by atoms with van der Waals surface area (Å²) in [7, 11) is 0. The van der Waals surface area contributed by atoms with Crippen LogP contribution in [-0.2, 0) is 50.0 Å². The molecule has 0 spiro atoms. The van der Waals surface area contributed by atoms with Crippen molar-refractivity contribution in [3.63, 3.8) is 0 Å².